The van der Waals surface area contributed by atoms with Crippen LogP contribution in [-0.4, -0.2) is 16.3 Å². The molecule has 0 atom stereocenters. The number of hydrogen-bond donors (Lipinski definition) is 1. The van der Waals surface area contributed by atoms with Crippen molar-refractivity contribution in [2.24, 2.45) is 5.73 Å². The average molecular weight is 235 g/mol. The van der Waals surface area contributed by atoms with E-state index in [0.29, 0.717) is 12.5 Å². The fraction of sp³-hybridized carbons (Fsp3) is 0.417. The van der Waals surface area contributed by atoms with Gasteiger partial charge in [0.2, 0.25) is 0 Å². The van der Waals surface area contributed by atoms with Crippen LogP contribution in [0.2, 0.25) is 0 Å². The van der Waals surface area contributed by atoms with E-state index in [-0.39, 0.29) is 0 Å². The van der Waals surface area contributed by atoms with Crippen LogP contribution in [0.3, 0.4) is 0 Å². The molecule has 0 aromatic carbocycles. The van der Waals surface area contributed by atoms with Gasteiger partial charge in [-0.1, -0.05) is 19.9 Å². The van der Waals surface area contributed by atoms with Crippen LogP contribution in [0.15, 0.2) is 23.6 Å². The molecule has 3 nitrogen and oxygen atoms in total. The molecule has 0 fully saturated rings. The zero-order valence-corrected chi connectivity index (χ0v) is 10.5. The highest BCUT2D eigenvalue weighted by Gasteiger charge is 2.12. The van der Waals surface area contributed by atoms with E-state index in [4.69, 9.17) is 5.73 Å². The van der Waals surface area contributed by atoms with E-state index in [1.807, 2.05) is 4.68 Å². The Balaban J connectivity index is 2.38. The fourth-order valence-corrected chi connectivity index (χ4v) is 2.42. The first-order valence-corrected chi connectivity index (χ1v) is 6.42. The second kappa shape index (κ2) is 4.80. The lowest BCUT2D eigenvalue weighted by atomic mass is 10.1. The standard InChI is InChI=1S/C12H17N3S/c1-9(2)11-8-10(12-4-3-7-16-12)14-15(11)6-5-13/h3-4,7-9H,5-6,13H2,1-2H3. The van der Waals surface area contributed by atoms with Gasteiger partial charge >= 0.3 is 0 Å². The maximum atomic E-state index is 5.60. The van der Waals surface area contributed by atoms with E-state index in [0.717, 1.165) is 12.2 Å². The molecular formula is C12H17N3S. The Hall–Kier alpha value is -1.13. The number of thiophene rings is 1. The summed E-state index contributed by atoms with van der Waals surface area (Å²) < 4.78 is 2.03. The van der Waals surface area contributed by atoms with Gasteiger partial charge in [0.15, 0.2) is 0 Å². The smallest absolute Gasteiger partial charge is 0.103 e. The van der Waals surface area contributed by atoms with Gasteiger partial charge < -0.3 is 5.73 Å². The third kappa shape index (κ3) is 2.18. The van der Waals surface area contributed by atoms with Gasteiger partial charge in [-0.2, -0.15) is 5.10 Å². The molecule has 2 N–H and O–H groups in total. The van der Waals surface area contributed by atoms with E-state index in [1.165, 1.54) is 10.6 Å². The Bertz CT molecular complexity index is 443. The summed E-state index contributed by atoms with van der Waals surface area (Å²) in [5.41, 5.74) is 7.92. The van der Waals surface area contributed by atoms with Crippen LogP contribution in [0.5, 0.6) is 0 Å². The number of aromatic nitrogens is 2. The summed E-state index contributed by atoms with van der Waals surface area (Å²) in [4.78, 5) is 1.22. The molecule has 2 aromatic rings. The zero-order chi connectivity index (χ0) is 11.5. The lowest BCUT2D eigenvalue weighted by Crippen LogP contribution is -2.14. The van der Waals surface area contributed by atoms with Crippen LogP contribution in [0.1, 0.15) is 25.5 Å². The van der Waals surface area contributed by atoms with Crippen LogP contribution < -0.4 is 5.73 Å². The predicted octanol–water partition coefficient (Wildman–Crippen LogP) is 2.69. The van der Waals surface area contributed by atoms with E-state index < -0.39 is 0 Å². The number of nitrogens with two attached hydrogens (primary N) is 1. The van der Waals surface area contributed by atoms with Crippen LogP contribution in [-0.2, 0) is 6.54 Å². The molecule has 0 unspecified atom stereocenters. The Morgan fingerprint density at radius 3 is 2.88 bits per heavy atom. The molecule has 0 aliphatic heterocycles. The molecule has 2 heterocycles. The molecule has 2 rings (SSSR count). The molecular weight excluding hydrogens is 218 g/mol. The van der Waals surface area contributed by atoms with Gasteiger partial charge in [0.05, 0.1) is 11.4 Å². The Labute approximate surface area is 99.9 Å². The molecule has 0 amide bonds. The first-order valence-electron chi connectivity index (χ1n) is 5.54. The van der Waals surface area contributed by atoms with E-state index in [2.05, 4.69) is 42.5 Å². The third-order valence-electron chi connectivity index (χ3n) is 2.52. The van der Waals surface area contributed by atoms with Gasteiger partial charge in [0, 0.05) is 12.2 Å². The maximum Gasteiger partial charge on any atom is 0.103 e. The second-order valence-corrected chi connectivity index (χ2v) is 5.05. The highest BCUT2D eigenvalue weighted by atomic mass is 32.1. The molecule has 86 valence electrons. The maximum absolute atomic E-state index is 5.60. The van der Waals surface area contributed by atoms with E-state index >= 15 is 0 Å². The Morgan fingerprint density at radius 1 is 1.50 bits per heavy atom. The summed E-state index contributed by atoms with van der Waals surface area (Å²) in [6.45, 7) is 5.79. The van der Waals surface area contributed by atoms with Crippen molar-refractivity contribution in [2.45, 2.75) is 26.3 Å². The molecule has 4 heteroatoms. The van der Waals surface area contributed by atoms with Gasteiger partial charge in [-0.05, 0) is 23.4 Å². The number of nitrogens with zero attached hydrogens (tertiary/aromatic N) is 2. The largest absolute Gasteiger partial charge is 0.329 e. The summed E-state index contributed by atoms with van der Waals surface area (Å²) in [5, 5.41) is 6.69. The molecule has 0 bridgehead atoms. The van der Waals surface area contributed by atoms with Crippen LogP contribution in [0.25, 0.3) is 10.6 Å². The lowest BCUT2D eigenvalue weighted by Gasteiger charge is -2.07. The molecule has 0 spiro atoms. The topological polar surface area (TPSA) is 43.8 Å². The van der Waals surface area contributed by atoms with Gasteiger partial charge in [-0.15, -0.1) is 11.3 Å². The van der Waals surface area contributed by atoms with E-state index in [1.54, 1.807) is 11.3 Å². The highest BCUT2D eigenvalue weighted by molar-refractivity contribution is 7.13. The molecule has 0 saturated carbocycles. The van der Waals surface area contributed by atoms with Crippen molar-refractivity contribution in [3.8, 4) is 10.6 Å². The quantitative estimate of drug-likeness (QED) is 0.885. The first-order chi connectivity index (χ1) is 7.72. The summed E-state index contributed by atoms with van der Waals surface area (Å²) in [6, 6.07) is 6.33. The molecule has 0 radical (unpaired) electrons. The average Bonchev–Trinajstić information content (AvgIpc) is 2.83. The van der Waals surface area contributed by atoms with Crippen LogP contribution in [0, 0.1) is 0 Å². The summed E-state index contributed by atoms with van der Waals surface area (Å²) in [5.74, 6) is 0.479. The number of rotatable bonds is 4. The second-order valence-electron chi connectivity index (χ2n) is 4.10. The van der Waals surface area contributed by atoms with Crippen molar-refractivity contribution < 1.29 is 0 Å². The monoisotopic (exact) mass is 235 g/mol. The highest BCUT2D eigenvalue weighted by Crippen LogP contribution is 2.26. The molecule has 0 aliphatic rings. The van der Waals surface area contributed by atoms with E-state index in [9.17, 15) is 0 Å². The van der Waals surface area contributed by atoms with Crippen LogP contribution in [0.4, 0.5) is 0 Å². The molecule has 0 aliphatic carbocycles. The van der Waals surface area contributed by atoms with Crippen molar-refractivity contribution in [3.63, 3.8) is 0 Å². The van der Waals surface area contributed by atoms with Crippen molar-refractivity contribution in [1.29, 1.82) is 0 Å². The van der Waals surface area contributed by atoms with Gasteiger partial charge in [-0.25, -0.2) is 0 Å². The van der Waals surface area contributed by atoms with Crippen molar-refractivity contribution in [1.82, 2.24) is 9.78 Å². The molecule has 0 saturated heterocycles. The first kappa shape index (κ1) is 11.4. The minimum atomic E-state index is 0.479. The summed E-state index contributed by atoms with van der Waals surface area (Å²) >= 11 is 1.72. The van der Waals surface area contributed by atoms with Crippen LogP contribution >= 0.6 is 11.3 Å². The number of hydrogen-bond acceptors (Lipinski definition) is 3. The Kier molecular flexibility index (Phi) is 3.41. The zero-order valence-electron chi connectivity index (χ0n) is 9.68. The SMILES string of the molecule is CC(C)c1cc(-c2cccs2)nn1CCN. The third-order valence-corrected chi connectivity index (χ3v) is 3.41. The fourth-order valence-electron chi connectivity index (χ4n) is 1.74. The van der Waals surface area contributed by atoms with Crippen molar-refractivity contribution in [2.75, 3.05) is 6.54 Å². The predicted molar refractivity (Wildman–Crippen MR) is 68.7 cm³/mol. The van der Waals surface area contributed by atoms with Gasteiger partial charge in [-0.3, -0.25) is 4.68 Å². The van der Waals surface area contributed by atoms with Gasteiger partial charge in [0.1, 0.15) is 5.69 Å². The summed E-state index contributed by atoms with van der Waals surface area (Å²) in [6.07, 6.45) is 0. The minimum absolute atomic E-state index is 0.479. The lowest BCUT2D eigenvalue weighted by molar-refractivity contribution is 0.576. The Morgan fingerprint density at radius 2 is 2.31 bits per heavy atom. The minimum Gasteiger partial charge on any atom is -0.329 e. The van der Waals surface area contributed by atoms with Crippen molar-refractivity contribution in [3.05, 3.63) is 29.3 Å². The van der Waals surface area contributed by atoms with Gasteiger partial charge in [0.25, 0.3) is 0 Å². The molecule has 16 heavy (non-hydrogen) atoms. The van der Waals surface area contributed by atoms with Crippen molar-refractivity contribution >= 4 is 11.3 Å². The summed E-state index contributed by atoms with van der Waals surface area (Å²) in [7, 11) is 0. The molecule has 2 aromatic heterocycles. The normalized spacial score (nSPS) is 11.2.